The molecule has 9 nitrogen and oxygen atoms in total. The fourth-order valence-corrected chi connectivity index (χ4v) is 9.76. The number of rotatable bonds is 66. The van der Waals surface area contributed by atoms with E-state index in [-0.39, 0.29) is 32.2 Å². The van der Waals surface area contributed by atoms with Gasteiger partial charge in [0.25, 0.3) is 6.29 Å². The van der Waals surface area contributed by atoms with E-state index in [1.165, 1.54) is 122 Å². The molecule has 0 amide bonds. The molecule has 0 aromatic carbocycles. The Morgan fingerprint density at radius 2 is 0.593 bits per heavy atom. The number of quaternary nitrogens is 1. The molecule has 2 unspecified atom stereocenters. The zero-order valence-corrected chi connectivity index (χ0v) is 58.9. The lowest BCUT2D eigenvalue weighted by Gasteiger charge is -2.25. The standard InChI is InChI=1S/C82H135NO8/c1-6-8-10-12-14-16-18-20-22-24-26-28-30-32-34-36-38-39-40-41-43-44-46-48-50-52-54-56-58-60-62-64-66-68-70-72-79(84)89-76-78(77-90-82(81(86)87)88-75-74-83(3,4)5)91-80(85)73-71-69-67-65-63-61-59-57-55-53-51-49-47-45-42-37-35-33-31-29-27-25-23-21-19-17-15-13-11-9-7-2/h8-11,14-17,20-23,26-29,32-35,38-39,42,45,49,51,78,82H,6-7,12-13,18-19,24-25,30-31,36-37,40-41,43-44,46-48,50,52-77H2,1-5H3/p+1/b10-8-,11-9-,16-14-,17-15-,22-20-,23-21-,28-26-,29-27-,34-32-,35-33-,39-38-,45-42-,51-49-. The maximum atomic E-state index is 13.0. The molecular formula is C82H136NO8+. The average Bonchev–Trinajstić information content (AvgIpc) is 3.65. The third-order valence-electron chi connectivity index (χ3n) is 15.3. The highest BCUT2D eigenvalue weighted by Gasteiger charge is 2.25. The van der Waals surface area contributed by atoms with Crippen molar-refractivity contribution in [2.75, 3.05) is 47.5 Å². The number of carbonyl (C=O) groups excluding carboxylic acids is 2. The van der Waals surface area contributed by atoms with Gasteiger partial charge in [-0.15, -0.1) is 0 Å². The van der Waals surface area contributed by atoms with E-state index in [1.54, 1.807) is 0 Å². The normalized spacial score (nSPS) is 13.6. The zero-order chi connectivity index (χ0) is 66.1. The van der Waals surface area contributed by atoms with Gasteiger partial charge < -0.3 is 28.5 Å². The number of allylic oxidation sites excluding steroid dienone is 26. The molecule has 0 fully saturated rings. The Kier molecular flexibility index (Phi) is 66.8. The van der Waals surface area contributed by atoms with Crippen molar-refractivity contribution in [2.45, 2.75) is 296 Å². The number of hydrogen-bond acceptors (Lipinski definition) is 7. The SMILES string of the molecule is CC/C=C\C/C=C\C/C=C\C/C=C\C/C=C\C/C=C\C/C=C\CCCCCCCCCCCC(=O)OC(COC(=O)CCCCCCCCCCCCCCCCCC/C=C\C/C=C\C/C=C\C/C=C\C/C=C\C/C=C\CC)COC(OCC[N+](C)(C)C)C(=O)O. The van der Waals surface area contributed by atoms with Gasteiger partial charge in [0.15, 0.2) is 6.10 Å². The van der Waals surface area contributed by atoms with Gasteiger partial charge in [-0.3, -0.25) is 9.59 Å². The molecule has 0 radical (unpaired) electrons. The first-order valence-corrected chi connectivity index (χ1v) is 36.6. The van der Waals surface area contributed by atoms with Gasteiger partial charge in [-0.05, 0) is 122 Å². The smallest absolute Gasteiger partial charge is 0.361 e. The largest absolute Gasteiger partial charge is 0.477 e. The van der Waals surface area contributed by atoms with Crippen LogP contribution in [0.15, 0.2) is 158 Å². The fraction of sp³-hybridized carbons (Fsp3) is 0.646. The topological polar surface area (TPSA) is 108 Å². The second kappa shape index (κ2) is 70.8. The molecule has 9 heteroatoms. The predicted octanol–water partition coefficient (Wildman–Crippen LogP) is 23.2. The Morgan fingerprint density at radius 1 is 0.330 bits per heavy atom. The third kappa shape index (κ3) is 72.2. The number of unbranched alkanes of at least 4 members (excludes halogenated alkanes) is 25. The molecule has 0 saturated carbocycles. The van der Waals surface area contributed by atoms with Gasteiger partial charge in [0.05, 0.1) is 34.4 Å². The first kappa shape index (κ1) is 85.9. The van der Waals surface area contributed by atoms with Gasteiger partial charge in [-0.25, -0.2) is 4.79 Å². The van der Waals surface area contributed by atoms with E-state index in [4.69, 9.17) is 18.9 Å². The number of hydrogen-bond donors (Lipinski definition) is 1. The third-order valence-corrected chi connectivity index (χ3v) is 15.3. The van der Waals surface area contributed by atoms with E-state index in [0.717, 1.165) is 128 Å². The number of carboxylic acids is 1. The van der Waals surface area contributed by atoms with Gasteiger partial charge in [0.2, 0.25) is 0 Å². The molecule has 0 rings (SSSR count). The number of likely N-dealkylation sites (N-methyl/N-ethyl adjacent to an activating group) is 1. The number of carboxylic acid groups (broad SMARTS) is 1. The molecule has 2 atom stereocenters. The second-order valence-corrected chi connectivity index (χ2v) is 25.1. The summed E-state index contributed by atoms with van der Waals surface area (Å²) >= 11 is 0. The van der Waals surface area contributed by atoms with Crippen LogP contribution in [0.1, 0.15) is 284 Å². The van der Waals surface area contributed by atoms with Crippen LogP contribution in [0.2, 0.25) is 0 Å². The summed E-state index contributed by atoms with van der Waals surface area (Å²) in [7, 11) is 5.97. The van der Waals surface area contributed by atoms with Gasteiger partial charge in [0.1, 0.15) is 13.2 Å². The quantitative estimate of drug-likeness (QED) is 0.0211. The number of aliphatic carboxylic acids is 1. The van der Waals surface area contributed by atoms with E-state index in [2.05, 4.69) is 172 Å². The Bertz CT molecular complexity index is 2060. The summed E-state index contributed by atoms with van der Waals surface area (Å²) in [5.41, 5.74) is 0. The molecule has 0 saturated heterocycles. The highest BCUT2D eigenvalue weighted by atomic mass is 16.7. The van der Waals surface area contributed by atoms with Gasteiger partial charge >= 0.3 is 17.9 Å². The van der Waals surface area contributed by atoms with Crippen molar-refractivity contribution in [3.63, 3.8) is 0 Å². The number of ether oxygens (including phenoxy) is 4. The molecule has 0 aliphatic heterocycles. The van der Waals surface area contributed by atoms with Crippen LogP contribution in [0.4, 0.5) is 0 Å². The molecular weight excluding hydrogens is 1130 g/mol. The van der Waals surface area contributed by atoms with Crippen LogP contribution in [0, 0.1) is 0 Å². The summed E-state index contributed by atoms with van der Waals surface area (Å²) in [6.45, 7) is 4.65. The molecule has 1 N–H and O–H groups in total. The van der Waals surface area contributed by atoms with Crippen molar-refractivity contribution < 1.29 is 42.9 Å². The van der Waals surface area contributed by atoms with Gasteiger partial charge in [-0.2, -0.15) is 0 Å². The summed E-state index contributed by atoms with van der Waals surface area (Å²) in [5.74, 6) is -2.02. The highest BCUT2D eigenvalue weighted by Crippen LogP contribution is 2.17. The number of carbonyl (C=O) groups is 3. The van der Waals surface area contributed by atoms with Gasteiger partial charge in [0, 0.05) is 12.8 Å². The lowest BCUT2D eigenvalue weighted by molar-refractivity contribution is -0.870. The maximum absolute atomic E-state index is 13.0. The first-order valence-electron chi connectivity index (χ1n) is 36.6. The summed E-state index contributed by atoms with van der Waals surface area (Å²) in [6.07, 6.45) is 102. The summed E-state index contributed by atoms with van der Waals surface area (Å²) < 4.78 is 23.0. The summed E-state index contributed by atoms with van der Waals surface area (Å²) in [4.78, 5) is 37.7. The monoisotopic (exact) mass is 1260 g/mol. The zero-order valence-electron chi connectivity index (χ0n) is 58.9. The second-order valence-electron chi connectivity index (χ2n) is 25.1. The van der Waals surface area contributed by atoms with Crippen LogP contribution < -0.4 is 0 Å². The number of nitrogens with zero attached hydrogens (tertiary/aromatic N) is 1. The Balaban J connectivity index is 4.13. The van der Waals surface area contributed by atoms with Crippen molar-refractivity contribution in [2.24, 2.45) is 0 Å². The van der Waals surface area contributed by atoms with Crippen LogP contribution in [0.5, 0.6) is 0 Å². The molecule has 0 aromatic rings. The summed E-state index contributed by atoms with van der Waals surface area (Å²) in [6, 6.07) is 0. The van der Waals surface area contributed by atoms with Crippen LogP contribution in [0.3, 0.4) is 0 Å². The Hall–Kier alpha value is -5.09. The van der Waals surface area contributed by atoms with E-state index >= 15 is 0 Å². The number of esters is 2. The lowest BCUT2D eigenvalue weighted by atomic mass is 10.0. The van der Waals surface area contributed by atoms with E-state index in [1.807, 2.05) is 21.1 Å². The van der Waals surface area contributed by atoms with Crippen molar-refractivity contribution in [1.82, 2.24) is 0 Å². The predicted molar refractivity (Wildman–Crippen MR) is 391 cm³/mol. The van der Waals surface area contributed by atoms with Crippen LogP contribution in [0.25, 0.3) is 0 Å². The molecule has 0 bridgehead atoms. The van der Waals surface area contributed by atoms with E-state index in [9.17, 15) is 19.5 Å². The summed E-state index contributed by atoms with van der Waals surface area (Å²) in [5, 5.41) is 9.76. The molecule has 516 valence electrons. The Morgan fingerprint density at radius 3 is 0.879 bits per heavy atom. The van der Waals surface area contributed by atoms with Gasteiger partial charge in [-0.1, -0.05) is 307 Å². The maximum Gasteiger partial charge on any atom is 0.361 e. The van der Waals surface area contributed by atoms with Crippen molar-refractivity contribution in [3.8, 4) is 0 Å². The molecule has 0 spiro atoms. The minimum atomic E-state index is -1.52. The first-order chi connectivity index (χ1) is 44.6. The van der Waals surface area contributed by atoms with E-state index < -0.39 is 24.3 Å². The van der Waals surface area contributed by atoms with Crippen LogP contribution >= 0.6 is 0 Å². The molecule has 0 aromatic heterocycles. The highest BCUT2D eigenvalue weighted by molar-refractivity contribution is 5.71. The minimum Gasteiger partial charge on any atom is -0.477 e. The van der Waals surface area contributed by atoms with Crippen molar-refractivity contribution in [1.29, 1.82) is 0 Å². The molecule has 0 aliphatic carbocycles. The lowest BCUT2D eigenvalue weighted by Crippen LogP contribution is -2.40. The fourth-order valence-electron chi connectivity index (χ4n) is 9.76. The van der Waals surface area contributed by atoms with Crippen molar-refractivity contribution in [3.05, 3.63) is 158 Å². The average molecular weight is 1260 g/mol. The molecule has 0 heterocycles. The minimum absolute atomic E-state index is 0.180. The van der Waals surface area contributed by atoms with E-state index in [0.29, 0.717) is 23.9 Å². The van der Waals surface area contributed by atoms with Crippen LogP contribution in [-0.2, 0) is 33.3 Å². The molecule has 0 aliphatic rings. The van der Waals surface area contributed by atoms with Crippen LogP contribution in [-0.4, -0.2) is 87.4 Å². The Labute approximate surface area is 559 Å². The molecule has 91 heavy (non-hydrogen) atoms. The van der Waals surface area contributed by atoms with Crippen molar-refractivity contribution >= 4 is 17.9 Å².